The molecule has 0 spiro atoms. The van der Waals surface area contributed by atoms with Gasteiger partial charge in [0, 0.05) is 6.54 Å². The second kappa shape index (κ2) is 3.27. The SMILES string of the molecule is C=Cc1nnc(C(O)CN)o1. The van der Waals surface area contributed by atoms with Crippen LogP contribution in [-0.4, -0.2) is 21.8 Å². The molecule has 1 rings (SSSR count). The molecule has 0 aliphatic heterocycles. The van der Waals surface area contributed by atoms with Gasteiger partial charge in [0.05, 0.1) is 0 Å². The van der Waals surface area contributed by atoms with Crippen molar-refractivity contribution in [3.05, 3.63) is 18.4 Å². The van der Waals surface area contributed by atoms with Crippen LogP contribution in [0.2, 0.25) is 0 Å². The lowest BCUT2D eigenvalue weighted by Crippen LogP contribution is -2.11. The second-order valence-electron chi connectivity index (χ2n) is 1.93. The zero-order valence-corrected chi connectivity index (χ0v) is 5.90. The molecule has 1 heterocycles. The van der Waals surface area contributed by atoms with E-state index in [1.165, 1.54) is 6.08 Å². The first kappa shape index (κ1) is 7.90. The van der Waals surface area contributed by atoms with Crippen LogP contribution in [-0.2, 0) is 0 Å². The Morgan fingerprint density at radius 2 is 2.45 bits per heavy atom. The van der Waals surface area contributed by atoms with Crippen LogP contribution in [0.3, 0.4) is 0 Å². The van der Waals surface area contributed by atoms with Crippen LogP contribution >= 0.6 is 0 Å². The van der Waals surface area contributed by atoms with Crippen molar-refractivity contribution in [3.63, 3.8) is 0 Å². The highest BCUT2D eigenvalue weighted by molar-refractivity contribution is 5.32. The van der Waals surface area contributed by atoms with Gasteiger partial charge in [-0.05, 0) is 6.08 Å². The zero-order valence-electron chi connectivity index (χ0n) is 5.90. The van der Waals surface area contributed by atoms with E-state index in [0.717, 1.165) is 0 Å². The topological polar surface area (TPSA) is 85.2 Å². The van der Waals surface area contributed by atoms with Crippen molar-refractivity contribution in [1.29, 1.82) is 0 Å². The number of aliphatic hydroxyl groups excluding tert-OH is 1. The minimum atomic E-state index is -0.879. The molecular weight excluding hydrogens is 146 g/mol. The Morgan fingerprint density at radius 3 is 2.91 bits per heavy atom. The lowest BCUT2D eigenvalue weighted by atomic mass is 10.4. The number of nitrogens with two attached hydrogens (primary N) is 1. The second-order valence-corrected chi connectivity index (χ2v) is 1.93. The summed E-state index contributed by atoms with van der Waals surface area (Å²) in [6, 6.07) is 0. The highest BCUT2D eigenvalue weighted by Gasteiger charge is 2.11. The lowest BCUT2D eigenvalue weighted by Gasteiger charge is -1.98. The molecule has 0 radical (unpaired) electrons. The fraction of sp³-hybridized carbons (Fsp3) is 0.333. The van der Waals surface area contributed by atoms with Crippen molar-refractivity contribution in [2.24, 2.45) is 5.73 Å². The summed E-state index contributed by atoms with van der Waals surface area (Å²) in [5.74, 6) is 0.412. The normalized spacial score (nSPS) is 12.9. The number of aromatic nitrogens is 2. The van der Waals surface area contributed by atoms with Gasteiger partial charge in [-0.2, -0.15) is 0 Å². The minimum absolute atomic E-state index is 0.0682. The van der Waals surface area contributed by atoms with E-state index in [0.29, 0.717) is 0 Å². The Balaban J connectivity index is 2.79. The van der Waals surface area contributed by atoms with E-state index in [1.54, 1.807) is 0 Å². The number of hydrogen-bond acceptors (Lipinski definition) is 5. The quantitative estimate of drug-likeness (QED) is 0.626. The predicted octanol–water partition coefficient (Wildman–Crippen LogP) is -0.295. The van der Waals surface area contributed by atoms with Crippen LogP contribution in [0.4, 0.5) is 0 Å². The Morgan fingerprint density at radius 1 is 1.73 bits per heavy atom. The predicted molar refractivity (Wildman–Crippen MR) is 38.4 cm³/mol. The molecule has 1 atom stereocenters. The van der Waals surface area contributed by atoms with Crippen LogP contribution in [0.15, 0.2) is 11.0 Å². The average Bonchev–Trinajstić information content (AvgIpc) is 2.50. The summed E-state index contributed by atoms with van der Waals surface area (Å²) < 4.78 is 4.92. The molecule has 0 bridgehead atoms. The van der Waals surface area contributed by atoms with Crippen molar-refractivity contribution in [1.82, 2.24) is 10.2 Å². The monoisotopic (exact) mass is 155 g/mol. The van der Waals surface area contributed by atoms with Crippen LogP contribution < -0.4 is 5.73 Å². The number of aliphatic hydroxyl groups is 1. The summed E-state index contributed by atoms with van der Waals surface area (Å²) in [7, 11) is 0. The molecule has 0 saturated carbocycles. The van der Waals surface area contributed by atoms with Crippen molar-refractivity contribution in [3.8, 4) is 0 Å². The van der Waals surface area contributed by atoms with Gasteiger partial charge in [-0.1, -0.05) is 6.58 Å². The number of hydrogen-bond donors (Lipinski definition) is 2. The standard InChI is InChI=1S/C6H9N3O2/c1-2-5-8-9-6(11-5)4(10)3-7/h2,4,10H,1,3,7H2. The summed E-state index contributed by atoms with van der Waals surface area (Å²) >= 11 is 0. The van der Waals surface area contributed by atoms with E-state index in [2.05, 4.69) is 16.8 Å². The van der Waals surface area contributed by atoms with Crippen molar-refractivity contribution in [2.45, 2.75) is 6.10 Å². The van der Waals surface area contributed by atoms with Gasteiger partial charge in [-0.15, -0.1) is 10.2 Å². The Labute approximate surface area is 63.5 Å². The van der Waals surface area contributed by atoms with Gasteiger partial charge in [0.1, 0.15) is 6.10 Å². The molecule has 1 aromatic heterocycles. The molecule has 5 nitrogen and oxygen atoms in total. The van der Waals surface area contributed by atoms with E-state index >= 15 is 0 Å². The van der Waals surface area contributed by atoms with Gasteiger partial charge in [0.2, 0.25) is 11.8 Å². The largest absolute Gasteiger partial charge is 0.418 e. The maximum atomic E-state index is 9.08. The van der Waals surface area contributed by atoms with Gasteiger partial charge < -0.3 is 15.3 Å². The molecule has 0 saturated heterocycles. The third-order valence-corrected chi connectivity index (χ3v) is 1.14. The Kier molecular flexibility index (Phi) is 2.35. The fourth-order valence-electron chi connectivity index (χ4n) is 0.564. The van der Waals surface area contributed by atoms with Gasteiger partial charge in [0.15, 0.2) is 0 Å². The molecular formula is C6H9N3O2. The molecule has 5 heteroatoms. The summed E-state index contributed by atoms with van der Waals surface area (Å²) in [6.07, 6.45) is 0.524. The zero-order chi connectivity index (χ0) is 8.27. The third-order valence-electron chi connectivity index (χ3n) is 1.14. The van der Waals surface area contributed by atoms with Gasteiger partial charge >= 0.3 is 0 Å². The first-order valence-corrected chi connectivity index (χ1v) is 3.12. The van der Waals surface area contributed by atoms with Crippen molar-refractivity contribution in [2.75, 3.05) is 6.54 Å². The first-order chi connectivity index (χ1) is 5.27. The number of nitrogens with zero attached hydrogens (tertiary/aromatic N) is 2. The third kappa shape index (κ3) is 1.63. The lowest BCUT2D eigenvalue weighted by molar-refractivity contribution is 0.151. The van der Waals surface area contributed by atoms with Crippen LogP contribution in [0, 0.1) is 0 Å². The Bertz CT molecular complexity index is 246. The van der Waals surface area contributed by atoms with Crippen LogP contribution in [0.25, 0.3) is 6.08 Å². The highest BCUT2D eigenvalue weighted by atomic mass is 16.4. The summed E-state index contributed by atoms with van der Waals surface area (Å²) in [5, 5.41) is 16.2. The number of rotatable bonds is 3. The summed E-state index contributed by atoms with van der Waals surface area (Å²) in [5.41, 5.74) is 5.15. The molecule has 1 unspecified atom stereocenters. The fourth-order valence-corrected chi connectivity index (χ4v) is 0.564. The first-order valence-electron chi connectivity index (χ1n) is 3.12. The molecule has 0 aromatic carbocycles. The van der Waals surface area contributed by atoms with E-state index in [1.807, 2.05) is 0 Å². The Hall–Kier alpha value is -1.20. The van der Waals surface area contributed by atoms with Crippen molar-refractivity contribution >= 4 is 6.08 Å². The van der Waals surface area contributed by atoms with Crippen molar-refractivity contribution < 1.29 is 9.52 Å². The molecule has 60 valence electrons. The van der Waals surface area contributed by atoms with Gasteiger partial charge in [0.25, 0.3) is 0 Å². The molecule has 3 N–H and O–H groups in total. The van der Waals surface area contributed by atoms with E-state index < -0.39 is 6.10 Å². The maximum absolute atomic E-state index is 9.08. The molecule has 0 amide bonds. The molecule has 1 aromatic rings. The van der Waals surface area contributed by atoms with Crippen LogP contribution in [0.1, 0.15) is 17.9 Å². The summed E-state index contributed by atoms with van der Waals surface area (Å²) in [4.78, 5) is 0. The molecule has 11 heavy (non-hydrogen) atoms. The van der Waals surface area contributed by atoms with E-state index in [-0.39, 0.29) is 18.3 Å². The van der Waals surface area contributed by atoms with Gasteiger partial charge in [-0.3, -0.25) is 0 Å². The highest BCUT2D eigenvalue weighted by Crippen LogP contribution is 2.09. The molecule has 0 aliphatic carbocycles. The molecule has 0 aliphatic rings. The van der Waals surface area contributed by atoms with E-state index in [9.17, 15) is 0 Å². The maximum Gasteiger partial charge on any atom is 0.246 e. The smallest absolute Gasteiger partial charge is 0.246 e. The van der Waals surface area contributed by atoms with E-state index in [4.69, 9.17) is 15.3 Å². The van der Waals surface area contributed by atoms with Gasteiger partial charge in [-0.25, -0.2) is 0 Å². The van der Waals surface area contributed by atoms with Crippen LogP contribution in [0.5, 0.6) is 0 Å². The molecule has 0 fully saturated rings. The summed E-state index contributed by atoms with van der Waals surface area (Å²) in [6.45, 7) is 3.49. The minimum Gasteiger partial charge on any atom is -0.418 e. The average molecular weight is 155 g/mol.